The Bertz CT molecular complexity index is 1580. The van der Waals surface area contributed by atoms with Gasteiger partial charge >= 0.3 is 5.97 Å². The summed E-state index contributed by atoms with van der Waals surface area (Å²) in [4.78, 5) is 37.4. The molecule has 1 heterocycles. The van der Waals surface area contributed by atoms with E-state index in [-0.39, 0.29) is 30.6 Å². The van der Waals surface area contributed by atoms with Crippen LogP contribution in [-0.4, -0.2) is 33.9 Å². The third-order valence-electron chi connectivity index (χ3n) is 8.57. The molecule has 1 fully saturated rings. The molecule has 1 aliphatic rings. The first-order valence-electron chi connectivity index (χ1n) is 15.4. The van der Waals surface area contributed by atoms with E-state index in [1.165, 1.54) is 37.7 Å². The Morgan fingerprint density at radius 3 is 2.35 bits per heavy atom. The number of benzene rings is 3. The van der Waals surface area contributed by atoms with Gasteiger partial charge in [-0.25, -0.2) is 0 Å². The third kappa shape index (κ3) is 7.37. The number of nitrogens with one attached hydrogen (secondary N) is 1. The summed E-state index contributed by atoms with van der Waals surface area (Å²) in [6.45, 7) is 2.16. The van der Waals surface area contributed by atoms with Crippen LogP contribution in [0.4, 0.5) is 0 Å². The molecule has 4 aromatic rings. The van der Waals surface area contributed by atoms with Crippen LogP contribution in [0.2, 0.25) is 5.02 Å². The van der Waals surface area contributed by atoms with Gasteiger partial charge in [-0.15, -0.1) is 0 Å². The summed E-state index contributed by atoms with van der Waals surface area (Å²) in [5.74, 6) is -0.811. The molecule has 7 heteroatoms. The number of halogens is 1. The molecule has 2 N–H and O–H groups in total. The van der Waals surface area contributed by atoms with Gasteiger partial charge < -0.3 is 15.0 Å². The number of amides is 1. The van der Waals surface area contributed by atoms with Crippen LogP contribution in [-0.2, 0) is 11.2 Å². The van der Waals surface area contributed by atoms with E-state index in [0.717, 1.165) is 35.0 Å². The molecule has 1 aliphatic carbocycles. The lowest BCUT2D eigenvalue weighted by atomic mass is 9.84. The van der Waals surface area contributed by atoms with Crippen LogP contribution in [0.3, 0.4) is 0 Å². The highest BCUT2D eigenvalue weighted by atomic mass is 35.5. The maximum absolute atomic E-state index is 14.3. The molecule has 1 saturated carbocycles. The van der Waals surface area contributed by atoms with E-state index in [1.54, 1.807) is 12.1 Å². The number of hydrogen-bond acceptors (Lipinski definition) is 3. The maximum Gasteiger partial charge on any atom is 0.305 e. The van der Waals surface area contributed by atoms with Gasteiger partial charge in [0.2, 0.25) is 0 Å². The number of carboxylic acids is 1. The van der Waals surface area contributed by atoms with Crippen molar-refractivity contribution in [2.24, 2.45) is 5.92 Å². The number of rotatable bonds is 12. The van der Waals surface area contributed by atoms with Crippen LogP contribution in [0, 0.1) is 5.92 Å². The average molecular weight is 599 g/mol. The molecule has 6 nitrogen and oxygen atoms in total. The van der Waals surface area contributed by atoms with E-state index >= 15 is 0 Å². The predicted octanol–water partition coefficient (Wildman–Crippen LogP) is 8.38. The number of aromatic nitrogens is 1. The number of carbonyl (C=O) groups excluding carboxylic acids is 2. The Morgan fingerprint density at radius 2 is 1.67 bits per heavy atom. The molecular weight excluding hydrogens is 560 g/mol. The van der Waals surface area contributed by atoms with Crippen LogP contribution in [0.15, 0.2) is 72.8 Å². The van der Waals surface area contributed by atoms with Gasteiger partial charge in [0.15, 0.2) is 5.78 Å². The zero-order chi connectivity index (χ0) is 30.3. The zero-order valence-corrected chi connectivity index (χ0v) is 25.4. The van der Waals surface area contributed by atoms with Gasteiger partial charge in [-0.2, -0.15) is 0 Å². The van der Waals surface area contributed by atoms with Crippen LogP contribution >= 0.6 is 11.6 Å². The van der Waals surface area contributed by atoms with Crippen LogP contribution in [0.5, 0.6) is 0 Å². The quantitative estimate of drug-likeness (QED) is 0.160. The number of fused-ring (bicyclic) bond motifs is 1. The van der Waals surface area contributed by atoms with Crippen molar-refractivity contribution < 1.29 is 19.5 Å². The summed E-state index contributed by atoms with van der Waals surface area (Å²) in [6, 6.07) is 23.7. The van der Waals surface area contributed by atoms with Crippen molar-refractivity contribution in [1.82, 2.24) is 9.88 Å². The molecule has 3 aromatic carbocycles. The summed E-state index contributed by atoms with van der Waals surface area (Å²) in [6.07, 6.45) is 8.40. The van der Waals surface area contributed by atoms with Crippen molar-refractivity contribution in [2.45, 2.75) is 70.6 Å². The van der Waals surface area contributed by atoms with Crippen molar-refractivity contribution in [3.05, 3.63) is 100 Å². The van der Waals surface area contributed by atoms with Crippen molar-refractivity contribution in [3.8, 4) is 5.69 Å². The standard InChI is InChI=1S/C36H39ClN2O4/c1-2-6-28(21-24-9-11-27(12-10-24)36(43)38-20-19-34(40)41)35(42)33-23-29-22-30(37)15-18-32(29)39(33)31-16-13-26(14-17-31)25-7-4-3-5-8-25/h9-18,22-23,25,28H,2-8,19-21H2,1H3,(H,38,43)(H,40,41). The smallest absolute Gasteiger partial charge is 0.305 e. The van der Waals surface area contributed by atoms with E-state index in [4.69, 9.17) is 16.7 Å². The SMILES string of the molecule is CCCC(Cc1ccc(C(=O)NCCC(=O)O)cc1)C(=O)c1cc2cc(Cl)ccc2n1-c1ccc(C2CCCCC2)cc1. The largest absolute Gasteiger partial charge is 0.481 e. The fourth-order valence-electron chi connectivity index (χ4n) is 6.32. The highest BCUT2D eigenvalue weighted by Gasteiger charge is 2.25. The van der Waals surface area contributed by atoms with Crippen molar-refractivity contribution >= 4 is 40.2 Å². The van der Waals surface area contributed by atoms with Crippen LogP contribution in [0.25, 0.3) is 16.6 Å². The summed E-state index contributed by atoms with van der Waals surface area (Å²) in [7, 11) is 0. The summed E-state index contributed by atoms with van der Waals surface area (Å²) < 4.78 is 2.08. The number of nitrogens with zero attached hydrogens (tertiary/aromatic N) is 1. The Labute approximate surface area is 258 Å². The number of aliphatic carboxylic acids is 1. The number of carboxylic acid groups (broad SMARTS) is 1. The zero-order valence-electron chi connectivity index (χ0n) is 24.7. The second kappa shape index (κ2) is 14.0. The molecule has 0 spiro atoms. The molecule has 0 saturated heterocycles. The lowest BCUT2D eigenvalue weighted by Crippen LogP contribution is -2.26. The average Bonchev–Trinajstić information content (AvgIpc) is 3.39. The van der Waals surface area contributed by atoms with Gasteiger partial charge in [0.05, 0.1) is 17.6 Å². The van der Waals surface area contributed by atoms with E-state index in [2.05, 4.69) is 41.1 Å². The molecule has 5 rings (SSSR count). The van der Waals surface area contributed by atoms with Gasteiger partial charge in [0.1, 0.15) is 0 Å². The minimum absolute atomic E-state index is 0.0749. The molecule has 43 heavy (non-hydrogen) atoms. The number of ketones is 1. The first-order valence-corrected chi connectivity index (χ1v) is 15.8. The Morgan fingerprint density at radius 1 is 0.953 bits per heavy atom. The van der Waals surface area contributed by atoms with E-state index in [9.17, 15) is 14.4 Å². The summed E-state index contributed by atoms with van der Waals surface area (Å²) >= 11 is 6.36. The molecular formula is C36H39ClN2O4. The van der Waals surface area contributed by atoms with E-state index in [1.807, 2.05) is 36.4 Å². The van der Waals surface area contributed by atoms with Gasteiger partial charge in [-0.1, -0.05) is 68.5 Å². The molecule has 0 radical (unpaired) electrons. The first-order chi connectivity index (χ1) is 20.8. The predicted molar refractivity (Wildman–Crippen MR) is 172 cm³/mol. The fourth-order valence-corrected chi connectivity index (χ4v) is 6.50. The number of Topliss-reactive ketones (excluding diaryl/α,β-unsaturated/α-hetero) is 1. The lowest BCUT2D eigenvalue weighted by molar-refractivity contribution is -0.136. The minimum atomic E-state index is -0.958. The number of hydrogen-bond donors (Lipinski definition) is 2. The third-order valence-corrected chi connectivity index (χ3v) is 8.81. The Balaban J connectivity index is 1.41. The summed E-state index contributed by atoms with van der Waals surface area (Å²) in [5, 5.41) is 13.0. The molecule has 1 unspecified atom stereocenters. The van der Waals surface area contributed by atoms with Gasteiger partial charge in [-0.05, 0) is 91.3 Å². The van der Waals surface area contributed by atoms with Crippen molar-refractivity contribution in [3.63, 3.8) is 0 Å². The monoisotopic (exact) mass is 598 g/mol. The van der Waals surface area contributed by atoms with Gasteiger partial charge in [0.25, 0.3) is 5.91 Å². The highest BCUT2D eigenvalue weighted by Crippen LogP contribution is 2.34. The highest BCUT2D eigenvalue weighted by molar-refractivity contribution is 6.31. The van der Waals surface area contributed by atoms with Crippen molar-refractivity contribution in [1.29, 1.82) is 0 Å². The van der Waals surface area contributed by atoms with Crippen LogP contribution in [0.1, 0.15) is 96.2 Å². The van der Waals surface area contributed by atoms with Crippen LogP contribution < -0.4 is 5.32 Å². The molecule has 1 atom stereocenters. The lowest BCUT2D eigenvalue weighted by Gasteiger charge is -2.22. The normalized spacial score (nSPS) is 14.5. The van der Waals surface area contributed by atoms with E-state index < -0.39 is 5.97 Å². The second-order valence-electron chi connectivity index (χ2n) is 11.6. The van der Waals surface area contributed by atoms with Gasteiger partial charge in [0, 0.05) is 34.1 Å². The van der Waals surface area contributed by atoms with Crippen molar-refractivity contribution in [2.75, 3.05) is 6.54 Å². The Kier molecular flexibility index (Phi) is 9.98. The molecule has 1 amide bonds. The summed E-state index contributed by atoms with van der Waals surface area (Å²) in [5.41, 5.74) is 5.37. The topological polar surface area (TPSA) is 88.4 Å². The maximum atomic E-state index is 14.3. The molecule has 224 valence electrons. The molecule has 1 aromatic heterocycles. The minimum Gasteiger partial charge on any atom is -0.481 e. The van der Waals surface area contributed by atoms with E-state index in [0.29, 0.717) is 28.6 Å². The first kappa shape index (κ1) is 30.6. The second-order valence-corrected chi connectivity index (χ2v) is 12.1. The fraction of sp³-hybridized carbons (Fsp3) is 0.361. The molecule has 0 bridgehead atoms. The number of carbonyl (C=O) groups is 3. The Hall–Kier alpha value is -3.90. The molecule has 0 aliphatic heterocycles. The van der Waals surface area contributed by atoms with Gasteiger partial charge in [-0.3, -0.25) is 14.4 Å².